The van der Waals surface area contributed by atoms with Gasteiger partial charge in [-0.05, 0) is 169 Å². The van der Waals surface area contributed by atoms with Crippen molar-refractivity contribution >= 4 is 0 Å². The molecule has 60 heavy (non-hydrogen) atoms. The molecule has 2 bridgehead atoms. The lowest BCUT2D eigenvalue weighted by molar-refractivity contribution is 0.141. The van der Waals surface area contributed by atoms with Crippen LogP contribution in [-0.4, -0.2) is 0 Å². The van der Waals surface area contributed by atoms with E-state index in [1.807, 2.05) is 0 Å². The Morgan fingerprint density at radius 1 is 0.517 bits per heavy atom. The normalized spacial score (nSPS) is 36.0. The van der Waals surface area contributed by atoms with E-state index >= 15 is 0 Å². The largest absolute Gasteiger partial charge is 0.0651 e. The predicted molar refractivity (Wildman–Crippen MR) is 274 cm³/mol. The average molecular weight is 840 g/mol. The average Bonchev–Trinajstić information content (AvgIpc) is 3.62. The van der Waals surface area contributed by atoms with Crippen LogP contribution in [-0.2, 0) is 0 Å². The summed E-state index contributed by atoms with van der Waals surface area (Å²) in [5, 5.41) is 0. The number of fused-ring (bicyclic) bond motifs is 2. The summed E-state index contributed by atoms with van der Waals surface area (Å²) in [7, 11) is 0. The molecule has 0 aromatic carbocycles. The molecule has 8 saturated carbocycles. The second-order valence-electron chi connectivity index (χ2n) is 27.3. The van der Waals surface area contributed by atoms with Crippen LogP contribution in [0.1, 0.15) is 286 Å². The Kier molecular flexibility index (Phi) is 24.5. The Balaban J connectivity index is 0.000000241. The van der Waals surface area contributed by atoms with Gasteiger partial charge in [0.2, 0.25) is 0 Å². The van der Waals surface area contributed by atoms with Gasteiger partial charge in [-0.1, -0.05) is 215 Å². The minimum Gasteiger partial charge on any atom is -0.0651 e. The Bertz CT molecular complexity index is 1060. The maximum absolute atomic E-state index is 2.48. The second-order valence-corrected chi connectivity index (χ2v) is 27.3. The third-order valence-corrected chi connectivity index (χ3v) is 19.8. The highest BCUT2D eigenvalue weighted by Gasteiger charge is 2.46. The minimum absolute atomic E-state index is 0.595. The van der Waals surface area contributed by atoms with Gasteiger partial charge in [0.15, 0.2) is 0 Å². The van der Waals surface area contributed by atoms with Crippen molar-refractivity contribution in [1.29, 1.82) is 0 Å². The molecule has 6 unspecified atom stereocenters. The second kappa shape index (κ2) is 26.2. The van der Waals surface area contributed by atoms with Crippen LogP contribution < -0.4 is 0 Å². The monoisotopic (exact) mass is 839 g/mol. The van der Waals surface area contributed by atoms with Crippen LogP contribution in [0, 0.1) is 98.6 Å². The van der Waals surface area contributed by atoms with Gasteiger partial charge in [0, 0.05) is 0 Å². The molecule has 7 atom stereocenters. The van der Waals surface area contributed by atoms with Gasteiger partial charge in [0.1, 0.15) is 0 Å². The summed E-state index contributed by atoms with van der Waals surface area (Å²) in [4.78, 5) is 0. The van der Waals surface area contributed by atoms with Gasteiger partial charge in [0.05, 0.1) is 0 Å². The van der Waals surface area contributed by atoms with Gasteiger partial charge in [-0.15, -0.1) is 0 Å². The van der Waals surface area contributed by atoms with E-state index in [0.717, 1.165) is 82.3 Å². The molecule has 0 heterocycles. The van der Waals surface area contributed by atoms with Crippen molar-refractivity contribution in [3.05, 3.63) is 0 Å². The van der Waals surface area contributed by atoms with Crippen molar-refractivity contribution in [3.63, 3.8) is 0 Å². The maximum atomic E-state index is 2.48. The molecule has 0 saturated heterocycles. The van der Waals surface area contributed by atoms with E-state index < -0.39 is 0 Å². The highest BCUT2D eigenvalue weighted by molar-refractivity contribution is 4.96. The molecule has 0 N–H and O–H groups in total. The molecule has 8 aliphatic carbocycles. The van der Waals surface area contributed by atoms with Gasteiger partial charge in [-0.3, -0.25) is 0 Å². The highest BCUT2D eigenvalue weighted by Crippen LogP contribution is 2.57. The van der Waals surface area contributed by atoms with E-state index in [1.165, 1.54) is 154 Å². The van der Waals surface area contributed by atoms with Gasteiger partial charge in [-0.2, -0.15) is 0 Å². The van der Waals surface area contributed by atoms with Crippen LogP contribution >= 0.6 is 0 Å². The Morgan fingerprint density at radius 3 is 1.27 bits per heavy atom. The summed E-state index contributed by atoms with van der Waals surface area (Å²) in [6.45, 7) is 45.1. The summed E-state index contributed by atoms with van der Waals surface area (Å²) in [5.41, 5.74) is 2.66. The van der Waals surface area contributed by atoms with Crippen molar-refractivity contribution in [2.24, 2.45) is 98.6 Å². The van der Waals surface area contributed by atoms with Gasteiger partial charge < -0.3 is 0 Å². The molecule has 8 rings (SSSR count). The first-order chi connectivity index (χ1) is 27.8. The van der Waals surface area contributed by atoms with Gasteiger partial charge >= 0.3 is 0 Å². The molecule has 8 fully saturated rings. The molecule has 8 aliphatic rings. The van der Waals surface area contributed by atoms with E-state index in [4.69, 9.17) is 0 Å². The zero-order chi connectivity index (χ0) is 45.5. The first-order valence-electron chi connectivity index (χ1n) is 27.8. The quantitative estimate of drug-likeness (QED) is 0.266. The standard InChI is InChI=1S/C9H16.3C9H18.3C8H16/c1-7-5-8-3-4-9(7,2)6-8;1-8-4-6-9(2,3)7-5-8;1-8-6-4-5-7-9(8,2)3;1-7-5-4-6-8(2)9(7)3;1-6(2)8-4-7(3)5-8;1-8(2,3)7-5-4-6-7;1-3-7(2)8-5-4-6-8/h7-8H,3-6H2,1-2H3;2*8H,4-7H2,1-3H3;7-9H,4-6H2,1-3H3;6-8H,4-5H2,1-3H3;7H,4-6H2,1-3H3;7-8H,3-6H2,1-2H3/t7-,8?,9?;;;;;;/m0....../s1. The van der Waals surface area contributed by atoms with Crippen molar-refractivity contribution in [2.45, 2.75) is 286 Å². The molecule has 0 aromatic rings. The zero-order valence-corrected chi connectivity index (χ0v) is 45.5. The van der Waals surface area contributed by atoms with Crippen molar-refractivity contribution in [3.8, 4) is 0 Å². The molecule has 0 heteroatoms. The molecule has 0 nitrogen and oxygen atoms in total. The third kappa shape index (κ3) is 20.0. The Morgan fingerprint density at radius 2 is 1.05 bits per heavy atom. The zero-order valence-electron chi connectivity index (χ0n) is 45.5. The summed E-state index contributed by atoms with van der Waals surface area (Å²) >= 11 is 0. The topological polar surface area (TPSA) is 0 Å². The van der Waals surface area contributed by atoms with Crippen LogP contribution in [0.2, 0.25) is 0 Å². The lowest BCUT2D eigenvalue weighted by Crippen LogP contribution is -2.26. The summed E-state index contributed by atoms with van der Waals surface area (Å²) in [5.74, 6) is 13.2. The fourth-order valence-corrected chi connectivity index (χ4v) is 12.0. The molecule has 0 aromatic heterocycles. The molecule has 358 valence electrons. The summed E-state index contributed by atoms with van der Waals surface area (Å²) in [6.07, 6.45) is 35.4. The van der Waals surface area contributed by atoms with E-state index in [-0.39, 0.29) is 0 Å². The molecule has 0 amide bonds. The van der Waals surface area contributed by atoms with Crippen molar-refractivity contribution in [1.82, 2.24) is 0 Å². The van der Waals surface area contributed by atoms with Gasteiger partial charge in [-0.25, -0.2) is 0 Å². The van der Waals surface area contributed by atoms with E-state index in [9.17, 15) is 0 Å². The van der Waals surface area contributed by atoms with E-state index in [1.54, 1.807) is 0 Å². The fraction of sp³-hybridized carbons (Fsp3) is 1.00. The molecule has 0 aliphatic heterocycles. The van der Waals surface area contributed by atoms with E-state index in [2.05, 4.69) is 132 Å². The smallest absolute Gasteiger partial charge is 0.0297 e. The number of hydrogen-bond acceptors (Lipinski definition) is 0. The lowest BCUT2D eigenvalue weighted by atomic mass is 9.69. The fourth-order valence-electron chi connectivity index (χ4n) is 12.0. The van der Waals surface area contributed by atoms with Crippen LogP contribution in [0.3, 0.4) is 0 Å². The van der Waals surface area contributed by atoms with Crippen LogP contribution in [0.15, 0.2) is 0 Å². The van der Waals surface area contributed by atoms with Crippen LogP contribution in [0.5, 0.6) is 0 Å². The van der Waals surface area contributed by atoms with Crippen molar-refractivity contribution < 1.29 is 0 Å². The molecule has 0 spiro atoms. The summed E-state index contributed by atoms with van der Waals surface area (Å²) < 4.78 is 0. The van der Waals surface area contributed by atoms with Crippen LogP contribution in [0.4, 0.5) is 0 Å². The maximum Gasteiger partial charge on any atom is -0.0297 e. The summed E-state index contributed by atoms with van der Waals surface area (Å²) in [6, 6.07) is 0. The highest BCUT2D eigenvalue weighted by atomic mass is 14.5. The third-order valence-electron chi connectivity index (χ3n) is 19.8. The molecular formula is C60H118. The Labute approximate surface area is 382 Å². The predicted octanol–water partition coefficient (Wildman–Crippen LogP) is 20.7. The first-order valence-corrected chi connectivity index (χ1v) is 27.8. The van der Waals surface area contributed by atoms with Gasteiger partial charge in [0.25, 0.3) is 0 Å². The lowest BCUT2D eigenvalue weighted by Gasteiger charge is -2.37. The van der Waals surface area contributed by atoms with E-state index in [0.29, 0.717) is 16.2 Å². The number of rotatable bonds is 3. The molecular weight excluding hydrogens is 721 g/mol. The number of hydrogen-bond donors (Lipinski definition) is 0. The van der Waals surface area contributed by atoms with Crippen LogP contribution in [0.25, 0.3) is 0 Å². The SMILES string of the molecule is CC(C)(C)C1CCC1.CC1CC(C(C)C)C1.CC1CCC(C)(C)CC1.CC1CCCC(C)C1C.CC1CCCCC1(C)C.CCC(C)C1CCC1.C[C@H]1CC2CCC1(C)C2. The Hall–Kier alpha value is 0. The minimum atomic E-state index is 0.595. The first kappa shape index (κ1) is 56.1. The molecule has 0 radical (unpaired) electrons. The van der Waals surface area contributed by atoms with Crippen molar-refractivity contribution in [2.75, 3.05) is 0 Å².